The summed E-state index contributed by atoms with van der Waals surface area (Å²) in [5.41, 5.74) is 1.41. The second-order valence-electron chi connectivity index (χ2n) is 7.81. The van der Waals surface area contributed by atoms with Crippen molar-refractivity contribution in [2.24, 2.45) is 10.9 Å². The van der Waals surface area contributed by atoms with Crippen LogP contribution in [0.1, 0.15) is 12.0 Å². The van der Waals surface area contributed by atoms with Crippen molar-refractivity contribution in [2.75, 3.05) is 5.32 Å². The van der Waals surface area contributed by atoms with Gasteiger partial charge in [0.1, 0.15) is 11.9 Å². The first-order chi connectivity index (χ1) is 15.7. The molecule has 0 radical (unpaired) electrons. The molecule has 2 aliphatic rings. The van der Waals surface area contributed by atoms with E-state index in [1.54, 1.807) is 0 Å². The molecule has 0 aromatic heterocycles. The highest BCUT2D eigenvalue weighted by atomic mass is 32.2. The summed E-state index contributed by atoms with van der Waals surface area (Å²) in [7, 11) is 0. The lowest BCUT2D eigenvalue weighted by Crippen LogP contribution is -2.53. The third-order valence-electron chi connectivity index (χ3n) is 5.47. The Labute approximate surface area is 192 Å². The van der Waals surface area contributed by atoms with Crippen LogP contribution in [-0.2, 0) is 11.3 Å². The van der Waals surface area contributed by atoms with Crippen LogP contribution in [0.25, 0.3) is 0 Å². The number of thioether (sulfide) groups is 1. The molecule has 33 heavy (non-hydrogen) atoms. The molecule has 0 saturated heterocycles. The zero-order valence-electron chi connectivity index (χ0n) is 17.2. The van der Waals surface area contributed by atoms with Crippen LogP contribution in [0.3, 0.4) is 0 Å². The quantitative estimate of drug-likeness (QED) is 0.524. The van der Waals surface area contributed by atoms with Crippen molar-refractivity contribution in [1.82, 2.24) is 5.32 Å². The molecular weight excluding hydrogens is 459 g/mol. The fourth-order valence-corrected chi connectivity index (χ4v) is 5.26. The second kappa shape index (κ2) is 9.62. The number of rotatable bonds is 5. The number of hydrogen-bond donors (Lipinski definition) is 4. The van der Waals surface area contributed by atoms with Crippen molar-refractivity contribution in [2.45, 2.75) is 42.8 Å². The third kappa shape index (κ3) is 5.79. The number of aliphatic imine (C=N–C) groups is 1. The van der Waals surface area contributed by atoms with Crippen molar-refractivity contribution in [1.29, 1.82) is 0 Å². The van der Waals surface area contributed by atoms with Crippen molar-refractivity contribution >= 4 is 28.5 Å². The molecule has 4 rings (SSSR count). The minimum absolute atomic E-state index is 0.0994. The number of anilines is 1. The van der Waals surface area contributed by atoms with Gasteiger partial charge in [0, 0.05) is 17.5 Å². The lowest BCUT2D eigenvalue weighted by Gasteiger charge is -2.37. The van der Waals surface area contributed by atoms with Gasteiger partial charge in [0.05, 0.1) is 18.1 Å². The molecule has 1 fully saturated rings. The maximum Gasteiger partial charge on any atom is 0.573 e. The highest BCUT2D eigenvalue weighted by Gasteiger charge is 2.50. The van der Waals surface area contributed by atoms with Crippen LogP contribution in [0.15, 0.2) is 59.6 Å². The van der Waals surface area contributed by atoms with Gasteiger partial charge >= 0.3 is 6.36 Å². The molecule has 176 valence electrons. The Morgan fingerprint density at radius 3 is 2.48 bits per heavy atom. The van der Waals surface area contributed by atoms with Gasteiger partial charge in [-0.05, 0) is 36.2 Å². The van der Waals surface area contributed by atoms with Crippen LogP contribution in [0.4, 0.5) is 18.9 Å². The number of halogens is 3. The van der Waals surface area contributed by atoms with Gasteiger partial charge in [0.2, 0.25) is 5.91 Å². The fraction of sp³-hybridized carbons (Fsp3) is 0.364. The maximum atomic E-state index is 12.9. The molecule has 11 heteroatoms. The Morgan fingerprint density at radius 2 is 1.82 bits per heavy atom. The molecule has 0 bridgehead atoms. The molecule has 7 nitrogen and oxygen atoms in total. The van der Waals surface area contributed by atoms with E-state index in [1.807, 2.05) is 30.3 Å². The minimum Gasteiger partial charge on any atom is -0.406 e. The van der Waals surface area contributed by atoms with Gasteiger partial charge in [0.15, 0.2) is 5.17 Å². The number of carbonyl (C=O) groups excluding carboxylic acids is 1. The lowest BCUT2D eigenvalue weighted by atomic mass is 9.81. The van der Waals surface area contributed by atoms with Crippen LogP contribution in [0.5, 0.6) is 5.75 Å². The molecular formula is C22H22F3N3O4S. The number of aliphatic hydroxyl groups is 2. The highest BCUT2D eigenvalue weighted by Crippen LogP contribution is 2.41. The zero-order valence-corrected chi connectivity index (χ0v) is 18.0. The number of aliphatic hydroxyl groups excluding tert-OH is 2. The lowest BCUT2D eigenvalue weighted by molar-refractivity contribution is -0.274. The Balaban J connectivity index is 1.41. The number of nitrogens with zero attached hydrogens (tertiary/aromatic N) is 1. The number of alkyl halides is 3. The van der Waals surface area contributed by atoms with Crippen LogP contribution in [0, 0.1) is 5.92 Å². The average Bonchev–Trinajstić information content (AvgIpc) is 3.19. The SMILES string of the molecule is O=C(NCc1ccccc1)[C@H]1C[C@@H](O)[C@H](O)[C@@H]2N=C(Nc3ccc(OC(F)(F)F)cc3)S[C@@H]21. The second-order valence-corrected chi connectivity index (χ2v) is 8.97. The molecule has 1 aliphatic heterocycles. The Kier molecular flexibility index (Phi) is 6.82. The van der Waals surface area contributed by atoms with Crippen LogP contribution in [-0.4, -0.2) is 51.1 Å². The van der Waals surface area contributed by atoms with E-state index in [0.717, 1.165) is 5.56 Å². The fourth-order valence-electron chi connectivity index (χ4n) is 3.89. The summed E-state index contributed by atoms with van der Waals surface area (Å²) in [6.45, 7) is 0.342. The Morgan fingerprint density at radius 1 is 1.12 bits per heavy atom. The Bertz CT molecular complexity index is 1000. The number of amides is 1. The van der Waals surface area contributed by atoms with Gasteiger partial charge in [-0.3, -0.25) is 9.79 Å². The summed E-state index contributed by atoms with van der Waals surface area (Å²) in [6.07, 6.45) is -6.89. The summed E-state index contributed by atoms with van der Waals surface area (Å²) in [4.78, 5) is 17.3. The monoisotopic (exact) mass is 481 g/mol. The molecule has 2 aromatic rings. The van der Waals surface area contributed by atoms with Gasteiger partial charge < -0.3 is 25.6 Å². The molecule has 1 saturated carbocycles. The summed E-state index contributed by atoms with van der Waals surface area (Å²) in [6, 6.07) is 13.9. The first-order valence-electron chi connectivity index (χ1n) is 10.2. The third-order valence-corrected chi connectivity index (χ3v) is 6.78. The normalized spacial score (nSPS) is 26.8. The van der Waals surface area contributed by atoms with E-state index >= 15 is 0 Å². The first kappa shape index (κ1) is 23.4. The van der Waals surface area contributed by atoms with E-state index in [1.165, 1.54) is 36.0 Å². The summed E-state index contributed by atoms with van der Waals surface area (Å²) >= 11 is 1.26. The molecule has 0 unspecified atom stereocenters. The average molecular weight is 481 g/mol. The smallest absolute Gasteiger partial charge is 0.406 e. The number of benzene rings is 2. The molecule has 1 aliphatic carbocycles. The maximum absolute atomic E-state index is 12.9. The van der Waals surface area contributed by atoms with Crippen LogP contribution >= 0.6 is 11.8 Å². The number of hydrogen-bond acceptors (Lipinski definition) is 7. The van der Waals surface area contributed by atoms with Crippen LogP contribution in [0.2, 0.25) is 0 Å². The van der Waals surface area contributed by atoms with E-state index < -0.39 is 35.8 Å². The number of amidine groups is 1. The predicted octanol–water partition coefficient (Wildman–Crippen LogP) is 2.90. The molecule has 4 N–H and O–H groups in total. The van der Waals surface area contributed by atoms with E-state index in [-0.39, 0.29) is 18.1 Å². The predicted molar refractivity (Wildman–Crippen MR) is 118 cm³/mol. The van der Waals surface area contributed by atoms with Gasteiger partial charge in [-0.15, -0.1) is 13.2 Å². The molecule has 2 aromatic carbocycles. The molecule has 5 atom stereocenters. The van der Waals surface area contributed by atoms with Gasteiger partial charge in [-0.2, -0.15) is 0 Å². The van der Waals surface area contributed by atoms with E-state index in [0.29, 0.717) is 17.4 Å². The van der Waals surface area contributed by atoms with Gasteiger partial charge in [-0.1, -0.05) is 42.1 Å². The van der Waals surface area contributed by atoms with Crippen molar-refractivity contribution in [3.63, 3.8) is 0 Å². The first-order valence-corrected chi connectivity index (χ1v) is 11.1. The largest absolute Gasteiger partial charge is 0.573 e. The topological polar surface area (TPSA) is 103 Å². The Hall–Kier alpha value is -2.76. The van der Waals surface area contributed by atoms with E-state index in [4.69, 9.17) is 0 Å². The van der Waals surface area contributed by atoms with Crippen molar-refractivity contribution in [3.05, 3.63) is 60.2 Å². The summed E-state index contributed by atoms with van der Waals surface area (Å²) < 4.78 is 40.8. The molecule has 1 amide bonds. The van der Waals surface area contributed by atoms with E-state index in [2.05, 4.69) is 20.4 Å². The summed E-state index contributed by atoms with van der Waals surface area (Å²) in [5, 5.41) is 26.6. The molecule has 1 heterocycles. The standard InChI is InChI=1S/C22H22F3N3O4S/c23-22(24,25)32-14-8-6-13(7-9-14)27-21-28-17-18(30)16(29)10-15(19(17)33-21)20(31)26-11-12-4-2-1-3-5-12/h1-9,15-19,29-30H,10-11H2,(H,26,31)(H,27,28)/t15-,16+,17-,18-,19+/m0/s1. The van der Waals surface area contributed by atoms with E-state index in [9.17, 15) is 28.2 Å². The van der Waals surface area contributed by atoms with Gasteiger partial charge in [-0.25, -0.2) is 0 Å². The van der Waals surface area contributed by atoms with Gasteiger partial charge in [0.25, 0.3) is 0 Å². The molecule has 0 spiro atoms. The zero-order chi connectivity index (χ0) is 23.6. The summed E-state index contributed by atoms with van der Waals surface area (Å²) in [5.74, 6) is -1.17. The highest BCUT2D eigenvalue weighted by molar-refractivity contribution is 8.15. The van der Waals surface area contributed by atoms with Crippen molar-refractivity contribution < 1.29 is 32.9 Å². The number of ether oxygens (including phenoxy) is 1. The number of fused-ring (bicyclic) bond motifs is 1. The minimum atomic E-state index is -4.77. The van der Waals surface area contributed by atoms with Crippen LogP contribution < -0.4 is 15.4 Å². The number of nitrogens with one attached hydrogen (secondary N) is 2. The van der Waals surface area contributed by atoms with Crippen molar-refractivity contribution in [3.8, 4) is 5.75 Å². The number of carbonyl (C=O) groups is 1.